The van der Waals surface area contributed by atoms with E-state index in [1.165, 1.54) is 10.4 Å². The van der Waals surface area contributed by atoms with Crippen molar-refractivity contribution in [2.24, 2.45) is 0 Å². The van der Waals surface area contributed by atoms with Gasteiger partial charge in [0.25, 0.3) is 5.95 Å². The standard InChI is InChI=1S/C7H9N5S/c1-5-2-3-13-6(5)4-8-7-9-11-12-10-7/h2-3H,4H2,1H3,(H2,8,9,10,11,12). The summed E-state index contributed by atoms with van der Waals surface area (Å²) in [5.41, 5.74) is 1.29. The fraction of sp³-hybridized carbons (Fsp3) is 0.286. The Hall–Kier alpha value is -1.43. The normalized spacial score (nSPS) is 10.2. The molecule has 0 aliphatic rings. The quantitative estimate of drug-likeness (QED) is 0.771. The molecule has 5 nitrogen and oxygen atoms in total. The first-order valence-corrected chi connectivity index (χ1v) is 4.74. The van der Waals surface area contributed by atoms with E-state index in [2.05, 4.69) is 44.3 Å². The molecule has 0 aromatic carbocycles. The molecule has 0 atom stereocenters. The number of nitrogens with zero attached hydrogens (tertiary/aromatic N) is 3. The van der Waals surface area contributed by atoms with Gasteiger partial charge < -0.3 is 5.32 Å². The van der Waals surface area contributed by atoms with Gasteiger partial charge >= 0.3 is 0 Å². The Labute approximate surface area is 79.2 Å². The number of anilines is 1. The highest BCUT2D eigenvalue weighted by molar-refractivity contribution is 7.10. The molecule has 0 spiro atoms. The molecule has 2 rings (SSSR count). The first-order valence-electron chi connectivity index (χ1n) is 3.86. The Morgan fingerprint density at radius 1 is 1.62 bits per heavy atom. The Morgan fingerprint density at radius 2 is 2.54 bits per heavy atom. The zero-order chi connectivity index (χ0) is 9.10. The van der Waals surface area contributed by atoms with Crippen molar-refractivity contribution in [1.29, 1.82) is 0 Å². The van der Waals surface area contributed by atoms with Crippen LogP contribution in [-0.2, 0) is 6.54 Å². The van der Waals surface area contributed by atoms with Crippen LogP contribution in [0.2, 0.25) is 0 Å². The smallest absolute Gasteiger partial charge is 0.263 e. The third kappa shape index (κ3) is 1.83. The van der Waals surface area contributed by atoms with E-state index in [0.717, 1.165) is 6.54 Å². The molecule has 0 amide bonds. The molecule has 0 aliphatic heterocycles. The minimum Gasteiger partial charge on any atom is -0.347 e. The van der Waals surface area contributed by atoms with Crippen molar-refractivity contribution in [2.75, 3.05) is 5.32 Å². The van der Waals surface area contributed by atoms with Crippen LogP contribution in [0.5, 0.6) is 0 Å². The fourth-order valence-corrected chi connectivity index (χ4v) is 1.83. The van der Waals surface area contributed by atoms with Gasteiger partial charge in [0.2, 0.25) is 0 Å². The molecule has 0 unspecified atom stereocenters. The van der Waals surface area contributed by atoms with E-state index in [4.69, 9.17) is 0 Å². The van der Waals surface area contributed by atoms with E-state index >= 15 is 0 Å². The predicted molar refractivity (Wildman–Crippen MR) is 50.6 cm³/mol. The second-order valence-electron chi connectivity index (χ2n) is 2.62. The van der Waals surface area contributed by atoms with Crippen molar-refractivity contribution in [1.82, 2.24) is 20.6 Å². The van der Waals surface area contributed by atoms with E-state index in [-0.39, 0.29) is 0 Å². The SMILES string of the molecule is Cc1ccsc1CNc1nn[nH]n1. The molecular formula is C7H9N5S. The lowest BCUT2D eigenvalue weighted by Crippen LogP contribution is -2.00. The molecule has 2 N–H and O–H groups in total. The van der Waals surface area contributed by atoms with Crippen molar-refractivity contribution in [3.63, 3.8) is 0 Å². The highest BCUT2D eigenvalue weighted by atomic mass is 32.1. The molecule has 0 saturated heterocycles. The first kappa shape index (κ1) is 8.18. The topological polar surface area (TPSA) is 66.5 Å². The van der Waals surface area contributed by atoms with Gasteiger partial charge in [0.1, 0.15) is 0 Å². The van der Waals surface area contributed by atoms with E-state index in [1.54, 1.807) is 11.3 Å². The molecule has 68 valence electrons. The second-order valence-corrected chi connectivity index (χ2v) is 3.62. The highest BCUT2D eigenvalue weighted by Crippen LogP contribution is 2.15. The molecule has 13 heavy (non-hydrogen) atoms. The van der Waals surface area contributed by atoms with Crippen LogP contribution in [0, 0.1) is 6.92 Å². The first-order chi connectivity index (χ1) is 6.36. The number of nitrogens with one attached hydrogen (secondary N) is 2. The summed E-state index contributed by atoms with van der Waals surface area (Å²) < 4.78 is 0. The Kier molecular flexibility index (Phi) is 2.22. The molecule has 0 aliphatic carbocycles. The number of tetrazole rings is 1. The van der Waals surface area contributed by atoms with Crippen LogP contribution < -0.4 is 5.32 Å². The molecule has 2 aromatic heterocycles. The van der Waals surface area contributed by atoms with Crippen molar-refractivity contribution in [3.05, 3.63) is 21.9 Å². The van der Waals surface area contributed by atoms with Gasteiger partial charge in [-0.1, -0.05) is 5.10 Å². The van der Waals surface area contributed by atoms with Gasteiger partial charge in [-0.2, -0.15) is 5.21 Å². The molecule has 6 heteroatoms. The van der Waals surface area contributed by atoms with E-state index in [9.17, 15) is 0 Å². The Morgan fingerprint density at radius 3 is 3.15 bits per heavy atom. The predicted octanol–water partition coefficient (Wildman–Crippen LogP) is 1.18. The minimum absolute atomic E-state index is 0.535. The van der Waals surface area contributed by atoms with E-state index < -0.39 is 0 Å². The van der Waals surface area contributed by atoms with Crippen LogP contribution in [0.15, 0.2) is 11.4 Å². The summed E-state index contributed by atoms with van der Waals surface area (Å²) in [6.45, 7) is 2.84. The molecule has 0 saturated carbocycles. The maximum absolute atomic E-state index is 3.79. The minimum atomic E-state index is 0.535. The van der Waals surface area contributed by atoms with Gasteiger partial charge in [-0.05, 0) is 29.1 Å². The van der Waals surface area contributed by atoms with Gasteiger partial charge in [-0.3, -0.25) is 0 Å². The van der Waals surface area contributed by atoms with E-state index in [0.29, 0.717) is 5.95 Å². The summed E-state index contributed by atoms with van der Waals surface area (Å²) >= 11 is 1.72. The number of hydrogen-bond donors (Lipinski definition) is 2. The number of aromatic nitrogens is 4. The number of aromatic amines is 1. The van der Waals surface area contributed by atoms with Crippen LogP contribution in [0.1, 0.15) is 10.4 Å². The maximum Gasteiger partial charge on any atom is 0.263 e. The van der Waals surface area contributed by atoms with Gasteiger partial charge in [0, 0.05) is 4.88 Å². The largest absolute Gasteiger partial charge is 0.347 e. The molecule has 0 bridgehead atoms. The maximum atomic E-state index is 3.79. The third-order valence-corrected chi connectivity index (χ3v) is 2.74. The van der Waals surface area contributed by atoms with Gasteiger partial charge in [0.15, 0.2) is 0 Å². The zero-order valence-corrected chi connectivity index (χ0v) is 7.93. The second kappa shape index (κ2) is 3.53. The number of aryl methyl sites for hydroxylation is 1. The molecule has 0 radical (unpaired) electrons. The van der Waals surface area contributed by atoms with Gasteiger partial charge in [-0.25, -0.2) is 0 Å². The zero-order valence-electron chi connectivity index (χ0n) is 7.11. The van der Waals surface area contributed by atoms with Crippen LogP contribution in [0.3, 0.4) is 0 Å². The third-order valence-electron chi connectivity index (χ3n) is 1.72. The summed E-state index contributed by atoms with van der Waals surface area (Å²) in [6, 6.07) is 2.10. The summed E-state index contributed by atoms with van der Waals surface area (Å²) in [7, 11) is 0. The number of hydrogen-bond acceptors (Lipinski definition) is 5. The monoisotopic (exact) mass is 195 g/mol. The van der Waals surface area contributed by atoms with Crippen LogP contribution in [0.25, 0.3) is 0 Å². The van der Waals surface area contributed by atoms with Crippen molar-refractivity contribution in [2.45, 2.75) is 13.5 Å². The van der Waals surface area contributed by atoms with Crippen molar-refractivity contribution < 1.29 is 0 Å². The fourth-order valence-electron chi connectivity index (χ4n) is 0.981. The highest BCUT2D eigenvalue weighted by Gasteiger charge is 2.00. The Bertz CT molecular complexity index is 366. The average Bonchev–Trinajstić information content (AvgIpc) is 2.72. The van der Waals surface area contributed by atoms with Crippen LogP contribution in [-0.4, -0.2) is 20.6 Å². The number of thiophene rings is 1. The lowest BCUT2D eigenvalue weighted by atomic mass is 10.3. The van der Waals surface area contributed by atoms with Gasteiger partial charge in [0.05, 0.1) is 6.54 Å². The molecule has 2 heterocycles. The summed E-state index contributed by atoms with van der Waals surface area (Å²) in [6.07, 6.45) is 0. The van der Waals surface area contributed by atoms with Crippen molar-refractivity contribution in [3.8, 4) is 0 Å². The summed E-state index contributed by atoms with van der Waals surface area (Å²) in [4.78, 5) is 1.30. The average molecular weight is 195 g/mol. The van der Waals surface area contributed by atoms with Crippen LogP contribution >= 0.6 is 11.3 Å². The molecule has 0 fully saturated rings. The lowest BCUT2D eigenvalue weighted by Gasteiger charge is -1.98. The summed E-state index contributed by atoms with van der Waals surface area (Å²) in [5.74, 6) is 0.535. The lowest BCUT2D eigenvalue weighted by molar-refractivity contribution is 0.881. The van der Waals surface area contributed by atoms with Gasteiger partial charge in [-0.15, -0.1) is 16.4 Å². The molecule has 2 aromatic rings. The summed E-state index contributed by atoms with van der Waals surface area (Å²) in [5, 5.41) is 18.6. The number of H-pyrrole nitrogens is 1. The van der Waals surface area contributed by atoms with Crippen molar-refractivity contribution >= 4 is 17.3 Å². The Balaban J connectivity index is 1.97. The number of rotatable bonds is 3. The van der Waals surface area contributed by atoms with E-state index in [1.807, 2.05) is 0 Å². The molecular weight excluding hydrogens is 186 g/mol. The van der Waals surface area contributed by atoms with Crippen LogP contribution in [0.4, 0.5) is 5.95 Å².